The third-order valence-corrected chi connectivity index (χ3v) is 3.83. The predicted molar refractivity (Wildman–Crippen MR) is 87.3 cm³/mol. The van der Waals surface area contributed by atoms with E-state index in [2.05, 4.69) is 6.58 Å². The van der Waals surface area contributed by atoms with Gasteiger partial charge in [0, 0.05) is 6.54 Å². The zero-order valence-electron chi connectivity index (χ0n) is 12.9. The van der Waals surface area contributed by atoms with Crippen LogP contribution in [0.25, 0.3) is 0 Å². The number of carbonyl (C=O) groups is 3. The molecule has 1 saturated heterocycles. The highest BCUT2D eigenvalue weighted by Gasteiger charge is 2.44. The van der Waals surface area contributed by atoms with E-state index in [9.17, 15) is 14.4 Å². The van der Waals surface area contributed by atoms with Crippen LogP contribution in [-0.4, -0.2) is 35.2 Å². The molecule has 3 amide bonds. The molecule has 122 valence electrons. The first kappa shape index (κ1) is 15.7. The predicted octanol–water partition coefficient (Wildman–Crippen LogP) is 2.24. The van der Waals surface area contributed by atoms with Crippen molar-refractivity contribution >= 4 is 23.4 Å². The third-order valence-electron chi connectivity index (χ3n) is 3.83. The zero-order valence-corrected chi connectivity index (χ0v) is 12.9. The SMILES string of the molecule is C=CCN(C(=O)c1ccco1)C1CC(=O)N(c2ccccc2)C1=O. The van der Waals surface area contributed by atoms with Crippen molar-refractivity contribution in [1.82, 2.24) is 4.90 Å². The van der Waals surface area contributed by atoms with Crippen molar-refractivity contribution in [3.05, 3.63) is 67.1 Å². The molecule has 0 aliphatic carbocycles. The van der Waals surface area contributed by atoms with Crippen LogP contribution in [0.2, 0.25) is 0 Å². The van der Waals surface area contributed by atoms with Gasteiger partial charge in [-0.05, 0) is 24.3 Å². The Balaban J connectivity index is 1.90. The molecule has 2 aromatic rings. The van der Waals surface area contributed by atoms with Gasteiger partial charge in [-0.25, -0.2) is 4.90 Å². The zero-order chi connectivity index (χ0) is 17.1. The molecular formula is C18H16N2O4. The second-order valence-corrected chi connectivity index (χ2v) is 5.35. The van der Waals surface area contributed by atoms with E-state index < -0.39 is 17.9 Å². The maximum atomic E-state index is 12.8. The summed E-state index contributed by atoms with van der Waals surface area (Å²) in [6.45, 7) is 3.77. The highest BCUT2D eigenvalue weighted by molar-refractivity contribution is 6.23. The monoisotopic (exact) mass is 324 g/mol. The molecule has 0 bridgehead atoms. The molecule has 1 aromatic heterocycles. The highest BCUT2D eigenvalue weighted by atomic mass is 16.3. The van der Waals surface area contributed by atoms with Gasteiger partial charge in [0.25, 0.3) is 11.8 Å². The molecule has 24 heavy (non-hydrogen) atoms. The minimum absolute atomic E-state index is 0.0615. The van der Waals surface area contributed by atoms with Crippen LogP contribution in [0.15, 0.2) is 65.8 Å². The van der Waals surface area contributed by atoms with Crippen LogP contribution in [0.1, 0.15) is 17.0 Å². The molecule has 1 unspecified atom stereocenters. The summed E-state index contributed by atoms with van der Waals surface area (Å²) in [5.41, 5.74) is 0.499. The second-order valence-electron chi connectivity index (χ2n) is 5.35. The molecule has 6 nitrogen and oxygen atoms in total. The minimum atomic E-state index is -0.867. The van der Waals surface area contributed by atoms with Crippen molar-refractivity contribution in [1.29, 1.82) is 0 Å². The van der Waals surface area contributed by atoms with Crippen LogP contribution in [-0.2, 0) is 9.59 Å². The second kappa shape index (κ2) is 6.54. The number of para-hydroxylation sites is 1. The average Bonchev–Trinajstić information content (AvgIpc) is 3.21. The van der Waals surface area contributed by atoms with Crippen LogP contribution in [0.3, 0.4) is 0 Å². The Bertz CT molecular complexity index is 768. The van der Waals surface area contributed by atoms with Gasteiger partial charge in [0.2, 0.25) is 5.91 Å². The molecule has 0 radical (unpaired) electrons. The Morgan fingerprint density at radius 3 is 2.62 bits per heavy atom. The quantitative estimate of drug-likeness (QED) is 0.625. The van der Waals surface area contributed by atoms with Gasteiger partial charge in [0.1, 0.15) is 6.04 Å². The fourth-order valence-electron chi connectivity index (χ4n) is 2.74. The number of benzene rings is 1. The lowest BCUT2D eigenvalue weighted by Crippen LogP contribution is -2.45. The van der Waals surface area contributed by atoms with Crippen LogP contribution < -0.4 is 4.90 Å². The van der Waals surface area contributed by atoms with Crippen LogP contribution in [0.4, 0.5) is 5.69 Å². The van der Waals surface area contributed by atoms with E-state index in [0.717, 1.165) is 4.90 Å². The number of imide groups is 1. The van der Waals surface area contributed by atoms with Gasteiger partial charge in [-0.1, -0.05) is 24.3 Å². The van der Waals surface area contributed by atoms with E-state index in [4.69, 9.17) is 4.42 Å². The highest BCUT2D eigenvalue weighted by Crippen LogP contribution is 2.26. The van der Waals surface area contributed by atoms with Crippen LogP contribution in [0, 0.1) is 0 Å². The largest absolute Gasteiger partial charge is 0.459 e. The van der Waals surface area contributed by atoms with Gasteiger partial charge in [0.15, 0.2) is 5.76 Å². The van der Waals surface area contributed by atoms with Gasteiger partial charge < -0.3 is 9.32 Å². The molecule has 6 heteroatoms. The maximum Gasteiger partial charge on any atom is 0.290 e. The Morgan fingerprint density at radius 2 is 2.00 bits per heavy atom. The van der Waals surface area contributed by atoms with E-state index in [1.807, 2.05) is 0 Å². The van der Waals surface area contributed by atoms with Crippen molar-refractivity contribution in [2.45, 2.75) is 12.5 Å². The number of hydrogen-bond donors (Lipinski definition) is 0. The summed E-state index contributed by atoms with van der Waals surface area (Å²) >= 11 is 0. The molecule has 1 aliphatic rings. The normalized spacial score (nSPS) is 17.2. The van der Waals surface area contributed by atoms with Crippen molar-refractivity contribution in [3.63, 3.8) is 0 Å². The molecule has 1 aromatic carbocycles. The summed E-state index contributed by atoms with van der Waals surface area (Å²) < 4.78 is 5.12. The van der Waals surface area contributed by atoms with Gasteiger partial charge in [0.05, 0.1) is 18.4 Å². The first-order valence-electron chi connectivity index (χ1n) is 7.50. The van der Waals surface area contributed by atoms with Gasteiger partial charge >= 0.3 is 0 Å². The summed E-state index contributed by atoms with van der Waals surface area (Å²) in [6, 6.07) is 10.9. The number of hydrogen-bond acceptors (Lipinski definition) is 4. The third kappa shape index (κ3) is 2.74. The number of nitrogens with zero attached hydrogens (tertiary/aromatic N) is 2. The molecule has 1 atom stereocenters. The summed E-state index contributed by atoms with van der Waals surface area (Å²) in [5, 5.41) is 0. The summed E-state index contributed by atoms with van der Waals surface area (Å²) in [4.78, 5) is 40.1. The first-order chi connectivity index (χ1) is 11.6. The Morgan fingerprint density at radius 1 is 1.25 bits per heavy atom. The average molecular weight is 324 g/mol. The number of carbonyl (C=O) groups excluding carboxylic acids is 3. The number of rotatable bonds is 5. The van der Waals surface area contributed by atoms with Gasteiger partial charge in [-0.2, -0.15) is 0 Å². The summed E-state index contributed by atoms with van der Waals surface area (Å²) in [5.74, 6) is -1.08. The fraction of sp³-hybridized carbons (Fsp3) is 0.167. The Hall–Kier alpha value is -3.15. The van der Waals surface area contributed by atoms with Gasteiger partial charge in [-0.3, -0.25) is 14.4 Å². The molecule has 1 fully saturated rings. The number of amides is 3. The molecule has 1 aliphatic heterocycles. The molecule has 0 N–H and O–H groups in total. The number of furan rings is 1. The lowest BCUT2D eigenvalue weighted by Gasteiger charge is -2.25. The Labute approximate surface area is 139 Å². The number of anilines is 1. The molecule has 0 spiro atoms. The summed E-state index contributed by atoms with van der Waals surface area (Å²) in [7, 11) is 0. The van der Waals surface area contributed by atoms with Crippen molar-refractivity contribution < 1.29 is 18.8 Å². The van der Waals surface area contributed by atoms with Crippen molar-refractivity contribution in [2.75, 3.05) is 11.4 Å². The molecule has 2 heterocycles. The van der Waals surface area contributed by atoms with Crippen molar-refractivity contribution in [2.24, 2.45) is 0 Å². The van der Waals surface area contributed by atoms with E-state index >= 15 is 0 Å². The topological polar surface area (TPSA) is 70.8 Å². The lowest BCUT2D eigenvalue weighted by molar-refractivity contribution is -0.122. The molecular weight excluding hydrogens is 308 g/mol. The van der Waals surface area contributed by atoms with E-state index in [-0.39, 0.29) is 24.6 Å². The van der Waals surface area contributed by atoms with Crippen LogP contribution >= 0.6 is 0 Å². The molecule has 3 rings (SSSR count). The van der Waals surface area contributed by atoms with Gasteiger partial charge in [-0.15, -0.1) is 6.58 Å². The first-order valence-corrected chi connectivity index (χ1v) is 7.50. The fourth-order valence-corrected chi connectivity index (χ4v) is 2.74. The van der Waals surface area contributed by atoms with E-state index in [0.29, 0.717) is 5.69 Å². The smallest absolute Gasteiger partial charge is 0.290 e. The van der Waals surface area contributed by atoms with Crippen LogP contribution in [0.5, 0.6) is 0 Å². The lowest BCUT2D eigenvalue weighted by atomic mass is 10.2. The van der Waals surface area contributed by atoms with Crippen molar-refractivity contribution in [3.8, 4) is 0 Å². The standard InChI is InChI=1S/C18H16N2O4/c1-2-10-19(18(23)15-9-6-11-24-15)14-12-16(21)20(17(14)22)13-7-4-3-5-8-13/h2-9,11,14H,1,10,12H2. The maximum absolute atomic E-state index is 12.8. The van der Waals surface area contributed by atoms with E-state index in [1.54, 1.807) is 36.4 Å². The van der Waals surface area contributed by atoms with E-state index in [1.165, 1.54) is 23.3 Å². The molecule has 0 saturated carbocycles. The minimum Gasteiger partial charge on any atom is -0.459 e. The summed E-state index contributed by atoms with van der Waals surface area (Å²) in [6.07, 6.45) is 2.84. The Kier molecular flexibility index (Phi) is 4.29.